The first-order valence-electron chi connectivity index (χ1n) is 10.4. The van der Waals surface area contributed by atoms with Crippen molar-refractivity contribution in [1.82, 2.24) is 19.9 Å². The summed E-state index contributed by atoms with van der Waals surface area (Å²) in [7, 11) is 0. The Balaban J connectivity index is 1.64. The largest absolute Gasteiger partial charge is 0.444 e. The molecule has 32 heavy (non-hydrogen) atoms. The number of fused-ring (bicyclic) bond motifs is 3. The molecule has 3 heterocycles. The summed E-state index contributed by atoms with van der Waals surface area (Å²) in [6, 6.07) is 3.13. The molecule has 0 bridgehead atoms. The number of nitrogens with zero attached hydrogens (tertiary/aromatic N) is 4. The monoisotopic (exact) mass is 474 g/mol. The fourth-order valence-corrected chi connectivity index (χ4v) is 4.65. The van der Waals surface area contributed by atoms with Crippen molar-refractivity contribution in [3.63, 3.8) is 0 Å². The number of carbonyl (C=O) groups is 1. The van der Waals surface area contributed by atoms with Gasteiger partial charge in [-0.25, -0.2) is 19.2 Å². The molecule has 2 aromatic heterocycles. The van der Waals surface area contributed by atoms with Gasteiger partial charge in [-0.15, -0.1) is 0 Å². The minimum Gasteiger partial charge on any atom is -0.444 e. The number of carbonyl (C=O) groups excluding carboxylic acids is 1. The number of rotatable bonds is 1. The Bertz CT molecular complexity index is 1270. The first-order valence-corrected chi connectivity index (χ1v) is 11.1. The van der Waals surface area contributed by atoms with Gasteiger partial charge < -0.3 is 4.74 Å². The molecule has 1 spiro atoms. The molecule has 0 unspecified atom stereocenters. The van der Waals surface area contributed by atoms with Crippen LogP contribution in [0.3, 0.4) is 0 Å². The van der Waals surface area contributed by atoms with Crippen LogP contribution in [0, 0.1) is 5.82 Å². The average molecular weight is 475 g/mol. The molecule has 0 N–H and O–H groups in total. The van der Waals surface area contributed by atoms with E-state index in [1.807, 2.05) is 20.8 Å². The minimum atomic E-state index is -0.601. The van der Waals surface area contributed by atoms with Crippen LogP contribution in [0.25, 0.3) is 22.2 Å². The van der Waals surface area contributed by atoms with Gasteiger partial charge in [0.1, 0.15) is 16.9 Å². The zero-order valence-electron chi connectivity index (χ0n) is 17.9. The fourth-order valence-electron chi connectivity index (χ4n) is 4.32. The van der Waals surface area contributed by atoms with Gasteiger partial charge in [0.05, 0.1) is 29.0 Å². The maximum atomic E-state index is 15.1. The first kappa shape index (κ1) is 21.3. The number of hydrogen-bond donors (Lipinski definition) is 0. The molecule has 9 heteroatoms. The molecule has 0 radical (unpaired) electrons. The molecule has 1 fully saturated rings. The van der Waals surface area contributed by atoms with Crippen LogP contribution in [0.15, 0.2) is 24.5 Å². The van der Waals surface area contributed by atoms with Crippen LogP contribution in [0.1, 0.15) is 44.7 Å². The van der Waals surface area contributed by atoms with E-state index in [9.17, 15) is 4.79 Å². The van der Waals surface area contributed by atoms with Gasteiger partial charge in [0.15, 0.2) is 0 Å². The van der Waals surface area contributed by atoms with E-state index in [0.717, 1.165) is 24.0 Å². The van der Waals surface area contributed by atoms with Crippen molar-refractivity contribution in [3.8, 4) is 11.3 Å². The number of hydrogen-bond acceptors (Lipinski definition) is 5. The number of benzene rings is 1. The van der Waals surface area contributed by atoms with Crippen LogP contribution >= 0.6 is 23.2 Å². The zero-order chi connectivity index (χ0) is 22.8. The zero-order valence-corrected chi connectivity index (χ0v) is 19.4. The Morgan fingerprint density at radius 2 is 1.94 bits per heavy atom. The molecule has 0 atom stereocenters. The molecule has 1 aliphatic heterocycles. The van der Waals surface area contributed by atoms with E-state index in [-0.39, 0.29) is 27.5 Å². The number of aromatic nitrogens is 3. The van der Waals surface area contributed by atoms with Crippen molar-refractivity contribution in [2.24, 2.45) is 0 Å². The van der Waals surface area contributed by atoms with E-state index in [2.05, 4.69) is 15.0 Å². The lowest BCUT2D eigenvalue weighted by atomic mass is 9.90. The fraction of sp³-hybridized carbons (Fsp3) is 0.391. The summed E-state index contributed by atoms with van der Waals surface area (Å²) >= 11 is 12.2. The second-order valence-corrected chi connectivity index (χ2v) is 10.2. The second kappa shape index (κ2) is 7.25. The highest BCUT2D eigenvalue weighted by molar-refractivity contribution is 6.33. The van der Waals surface area contributed by atoms with E-state index in [1.54, 1.807) is 17.2 Å². The summed E-state index contributed by atoms with van der Waals surface area (Å²) < 4.78 is 20.8. The summed E-state index contributed by atoms with van der Waals surface area (Å²) in [6.45, 7) is 5.87. The lowest BCUT2D eigenvalue weighted by Gasteiger charge is -2.38. The van der Waals surface area contributed by atoms with Crippen molar-refractivity contribution in [2.45, 2.75) is 57.7 Å². The van der Waals surface area contributed by atoms with Gasteiger partial charge in [-0.2, -0.15) is 0 Å². The van der Waals surface area contributed by atoms with Crippen LogP contribution in [0.5, 0.6) is 0 Å². The van der Waals surface area contributed by atoms with Crippen molar-refractivity contribution in [1.29, 1.82) is 0 Å². The Morgan fingerprint density at radius 1 is 1.19 bits per heavy atom. The standard InChI is InChI=1S/C23H21Cl2FN4O2/c1-22(2,3)32-21(31)30-11-15-13(8-23(30)4-5-23)9-27-19-14(15)6-12(7-17(19)26)18-16(24)10-28-20(25)29-18/h6-7,9-10H,4-5,8,11H2,1-3H3. The number of pyridine rings is 1. The molecule has 166 valence electrons. The van der Waals surface area contributed by atoms with Crippen LogP contribution in [-0.2, 0) is 17.7 Å². The predicted molar refractivity (Wildman–Crippen MR) is 120 cm³/mol. The van der Waals surface area contributed by atoms with Crippen molar-refractivity contribution in [2.75, 3.05) is 0 Å². The molecule has 1 aliphatic carbocycles. The lowest BCUT2D eigenvalue weighted by molar-refractivity contribution is 0.00844. The van der Waals surface area contributed by atoms with E-state index in [4.69, 9.17) is 27.9 Å². The van der Waals surface area contributed by atoms with Gasteiger partial charge >= 0.3 is 6.09 Å². The first-order chi connectivity index (χ1) is 15.1. The molecule has 1 amide bonds. The molecule has 3 aromatic rings. The highest BCUT2D eigenvalue weighted by Gasteiger charge is 2.53. The van der Waals surface area contributed by atoms with E-state index in [0.29, 0.717) is 29.6 Å². The summed E-state index contributed by atoms with van der Waals surface area (Å²) in [4.78, 5) is 27.2. The maximum absolute atomic E-state index is 15.1. The van der Waals surface area contributed by atoms with Gasteiger partial charge in [-0.1, -0.05) is 11.6 Å². The topological polar surface area (TPSA) is 68.2 Å². The summed E-state index contributed by atoms with van der Waals surface area (Å²) in [5.74, 6) is -0.498. The van der Waals surface area contributed by atoms with E-state index < -0.39 is 11.4 Å². The highest BCUT2D eigenvalue weighted by atomic mass is 35.5. The van der Waals surface area contributed by atoms with Crippen molar-refractivity contribution < 1.29 is 13.9 Å². The van der Waals surface area contributed by atoms with Gasteiger partial charge in [0.2, 0.25) is 5.28 Å². The average Bonchev–Trinajstić information content (AvgIpc) is 3.46. The third-order valence-electron chi connectivity index (χ3n) is 5.96. The van der Waals surface area contributed by atoms with Gasteiger partial charge in [0, 0.05) is 17.1 Å². The number of amides is 1. The van der Waals surface area contributed by atoms with E-state index >= 15 is 4.39 Å². The van der Waals surface area contributed by atoms with Gasteiger partial charge in [-0.3, -0.25) is 9.88 Å². The van der Waals surface area contributed by atoms with Crippen LogP contribution in [0.4, 0.5) is 9.18 Å². The smallest absolute Gasteiger partial charge is 0.411 e. The predicted octanol–water partition coefficient (Wildman–Crippen LogP) is 5.96. The Hall–Kier alpha value is -2.51. The molecule has 5 rings (SSSR count). The van der Waals surface area contributed by atoms with E-state index in [1.165, 1.54) is 12.3 Å². The molecule has 1 saturated carbocycles. The third-order valence-corrected chi connectivity index (χ3v) is 6.42. The van der Waals surface area contributed by atoms with Crippen LogP contribution in [0.2, 0.25) is 10.3 Å². The molecular weight excluding hydrogens is 454 g/mol. The summed E-state index contributed by atoms with van der Waals surface area (Å²) in [5, 5.41) is 0.899. The Morgan fingerprint density at radius 3 is 2.62 bits per heavy atom. The molecule has 1 aromatic carbocycles. The van der Waals surface area contributed by atoms with Crippen LogP contribution in [-0.4, -0.2) is 37.1 Å². The molecule has 2 aliphatic rings. The Labute approximate surface area is 194 Å². The quantitative estimate of drug-likeness (QED) is 0.406. The summed E-state index contributed by atoms with van der Waals surface area (Å²) in [5.41, 5.74) is 2.06. The molecule has 0 saturated heterocycles. The third kappa shape index (κ3) is 3.67. The summed E-state index contributed by atoms with van der Waals surface area (Å²) in [6.07, 6.45) is 5.24. The second-order valence-electron chi connectivity index (χ2n) is 9.42. The van der Waals surface area contributed by atoms with Crippen LogP contribution < -0.4 is 0 Å². The molecular formula is C23H21Cl2FN4O2. The Kier molecular flexibility index (Phi) is 4.84. The van der Waals surface area contributed by atoms with Gasteiger partial charge in [0.25, 0.3) is 0 Å². The number of ether oxygens (including phenoxy) is 1. The molecule has 6 nitrogen and oxygen atoms in total. The normalized spacial score (nSPS) is 16.9. The SMILES string of the molecule is CC(C)(C)OC(=O)N1Cc2c(cnc3c(F)cc(-c4nc(Cl)ncc4Cl)cc23)CC12CC2. The maximum Gasteiger partial charge on any atom is 0.411 e. The van der Waals surface area contributed by atoms with Crippen molar-refractivity contribution >= 4 is 40.2 Å². The van der Waals surface area contributed by atoms with Crippen molar-refractivity contribution in [3.05, 3.63) is 51.8 Å². The van der Waals surface area contributed by atoms with Gasteiger partial charge in [-0.05, 0) is 74.9 Å². The lowest BCUT2D eigenvalue weighted by Crippen LogP contribution is -2.48. The minimum absolute atomic E-state index is 0.0184. The highest BCUT2D eigenvalue weighted by Crippen LogP contribution is 2.50. The number of halogens is 3.